The van der Waals surface area contributed by atoms with Crippen molar-refractivity contribution in [2.75, 3.05) is 20.3 Å². The first kappa shape index (κ1) is 14.3. The Labute approximate surface area is 131 Å². The van der Waals surface area contributed by atoms with Crippen molar-refractivity contribution in [3.05, 3.63) is 23.8 Å². The Morgan fingerprint density at radius 2 is 2.27 bits per heavy atom. The molecule has 1 saturated heterocycles. The highest BCUT2D eigenvalue weighted by molar-refractivity contribution is 5.41. The van der Waals surface area contributed by atoms with Crippen LogP contribution in [0.2, 0.25) is 0 Å². The number of phenols is 1. The number of nitrogens with one attached hydrogen (secondary N) is 1. The summed E-state index contributed by atoms with van der Waals surface area (Å²) in [6, 6.07) is 6.26. The smallest absolute Gasteiger partial charge is 0.160 e. The SMILES string of the molecule is COc1cc(CCN[C@@H]2[C@H]3CCO[C@H]3C23CCC3)ccc1O. The van der Waals surface area contributed by atoms with Crippen molar-refractivity contribution >= 4 is 0 Å². The highest BCUT2D eigenvalue weighted by atomic mass is 16.5. The molecule has 1 aromatic rings. The average molecular weight is 303 g/mol. The molecular weight excluding hydrogens is 278 g/mol. The fourth-order valence-electron chi connectivity index (χ4n) is 4.81. The maximum Gasteiger partial charge on any atom is 0.160 e. The number of methoxy groups -OCH3 is 1. The van der Waals surface area contributed by atoms with Crippen molar-refractivity contribution in [3.63, 3.8) is 0 Å². The highest BCUT2D eigenvalue weighted by Gasteiger charge is 2.66. The molecule has 4 nitrogen and oxygen atoms in total. The average Bonchev–Trinajstić information content (AvgIpc) is 2.88. The van der Waals surface area contributed by atoms with Crippen molar-refractivity contribution in [1.82, 2.24) is 5.32 Å². The molecule has 1 heterocycles. The number of fused-ring (bicyclic) bond motifs is 2. The molecule has 22 heavy (non-hydrogen) atoms. The minimum atomic E-state index is 0.206. The lowest BCUT2D eigenvalue weighted by molar-refractivity contribution is -0.175. The summed E-state index contributed by atoms with van der Waals surface area (Å²) in [6.45, 7) is 1.92. The van der Waals surface area contributed by atoms with E-state index in [0.717, 1.165) is 25.5 Å². The van der Waals surface area contributed by atoms with Gasteiger partial charge in [0.15, 0.2) is 11.5 Å². The van der Waals surface area contributed by atoms with Gasteiger partial charge in [-0.05, 0) is 49.9 Å². The van der Waals surface area contributed by atoms with E-state index in [2.05, 4.69) is 5.32 Å². The minimum absolute atomic E-state index is 0.206. The molecule has 4 rings (SSSR count). The monoisotopic (exact) mass is 303 g/mol. The van der Waals surface area contributed by atoms with Crippen molar-refractivity contribution in [3.8, 4) is 11.5 Å². The predicted octanol–water partition coefficient (Wildman–Crippen LogP) is 2.49. The normalized spacial score (nSPS) is 31.4. The molecule has 0 aromatic heterocycles. The number of aromatic hydroxyl groups is 1. The summed E-state index contributed by atoms with van der Waals surface area (Å²) < 4.78 is 11.1. The Morgan fingerprint density at radius 1 is 1.41 bits per heavy atom. The Bertz CT molecular complexity index is 555. The van der Waals surface area contributed by atoms with Crippen LogP contribution in [0.3, 0.4) is 0 Å². The molecule has 0 amide bonds. The van der Waals surface area contributed by atoms with Gasteiger partial charge in [0.05, 0.1) is 13.2 Å². The maximum absolute atomic E-state index is 9.65. The molecule has 1 aliphatic heterocycles. The van der Waals surface area contributed by atoms with E-state index in [1.54, 1.807) is 13.2 Å². The standard InChI is InChI=1S/C18H25NO3/c1-21-15-11-12(3-4-14(15)20)5-9-19-16-13-6-10-22-17(13)18(16)7-2-8-18/h3-4,11,13,16-17,19-20H,2,5-10H2,1H3/t13-,16-,17-/m1/s1. The molecule has 1 aromatic carbocycles. The van der Waals surface area contributed by atoms with E-state index in [9.17, 15) is 5.11 Å². The molecule has 3 atom stereocenters. The second-order valence-corrected chi connectivity index (χ2v) is 7.02. The van der Waals surface area contributed by atoms with Gasteiger partial charge in [-0.1, -0.05) is 12.5 Å². The van der Waals surface area contributed by atoms with E-state index >= 15 is 0 Å². The molecule has 2 saturated carbocycles. The molecule has 1 spiro atoms. The van der Waals surface area contributed by atoms with Gasteiger partial charge in [-0.3, -0.25) is 0 Å². The van der Waals surface area contributed by atoms with Gasteiger partial charge in [0, 0.05) is 24.0 Å². The molecule has 4 heteroatoms. The number of phenolic OH excluding ortho intramolecular Hbond substituents is 1. The van der Waals surface area contributed by atoms with Crippen LogP contribution in [0.4, 0.5) is 0 Å². The van der Waals surface area contributed by atoms with Crippen LogP contribution >= 0.6 is 0 Å². The number of hydrogen-bond acceptors (Lipinski definition) is 4. The fourth-order valence-corrected chi connectivity index (χ4v) is 4.81. The van der Waals surface area contributed by atoms with Crippen molar-refractivity contribution in [2.24, 2.45) is 11.3 Å². The first-order valence-corrected chi connectivity index (χ1v) is 8.45. The zero-order valence-electron chi connectivity index (χ0n) is 13.2. The van der Waals surface area contributed by atoms with Gasteiger partial charge in [-0.25, -0.2) is 0 Å². The summed E-state index contributed by atoms with van der Waals surface area (Å²) in [5.74, 6) is 1.49. The topological polar surface area (TPSA) is 50.7 Å². The van der Waals surface area contributed by atoms with Gasteiger partial charge in [-0.2, -0.15) is 0 Å². The number of rotatable bonds is 5. The lowest BCUT2D eigenvalue weighted by Gasteiger charge is -2.63. The summed E-state index contributed by atoms with van der Waals surface area (Å²) in [6.07, 6.45) is 6.74. The third kappa shape index (κ3) is 2.04. The van der Waals surface area contributed by atoms with Gasteiger partial charge in [0.1, 0.15) is 0 Å². The third-order valence-electron chi connectivity index (χ3n) is 6.06. The van der Waals surface area contributed by atoms with Crippen LogP contribution in [0.5, 0.6) is 11.5 Å². The van der Waals surface area contributed by atoms with Crippen LogP contribution in [-0.2, 0) is 11.2 Å². The van der Waals surface area contributed by atoms with Crippen LogP contribution in [0.15, 0.2) is 18.2 Å². The molecule has 0 unspecified atom stereocenters. The lowest BCUT2D eigenvalue weighted by Crippen LogP contribution is -2.71. The van der Waals surface area contributed by atoms with E-state index in [-0.39, 0.29) is 5.75 Å². The zero-order chi connectivity index (χ0) is 15.2. The number of benzene rings is 1. The molecule has 120 valence electrons. The second kappa shape index (κ2) is 5.43. The van der Waals surface area contributed by atoms with Crippen molar-refractivity contribution < 1.29 is 14.6 Å². The van der Waals surface area contributed by atoms with E-state index in [1.807, 2.05) is 12.1 Å². The fraction of sp³-hybridized carbons (Fsp3) is 0.667. The number of ether oxygens (including phenoxy) is 2. The summed E-state index contributed by atoms with van der Waals surface area (Å²) in [7, 11) is 1.59. The molecule has 3 fully saturated rings. The maximum atomic E-state index is 9.65. The Balaban J connectivity index is 1.35. The van der Waals surface area contributed by atoms with E-state index in [1.165, 1.54) is 31.2 Å². The van der Waals surface area contributed by atoms with Gasteiger partial charge in [0.2, 0.25) is 0 Å². The van der Waals surface area contributed by atoms with Gasteiger partial charge < -0.3 is 19.9 Å². The third-order valence-corrected chi connectivity index (χ3v) is 6.06. The first-order chi connectivity index (χ1) is 10.7. The highest BCUT2D eigenvalue weighted by Crippen LogP contribution is 2.62. The van der Waals surface area contributed by atoms with Gasteiger partial charge in [0.25, 0.3) is 0 Å². The van der Waals surface area contributed by atoms with Gasteiger partial charge in [-0.15, -0.1) is 0 Å². The van der Waals surface area contributed by atoms with Gasteiger partial charge >= 0.3 is 0 Å². The predicted molar refractivity (Wildman–Crippen MR) is 84.3 cm³/mol. The lowest BCUT2D eigenvalue weighted by atomic mass is 9.46. The summed E-state index contributed by atoms with van der Waals surface area (Å²) in [5, 5.41) is 13.5. The van der Waals surface area contributed by atoms with Crippen LogP contribution in [0.25, 0.3) is 0 Å². The molecule has 2 N–H and O–H groups in total. The van der Waals surface area contributed by atoms with Crippen LogP contribution < -0.4 is 10.1 Å². The Kier molecular flexibility index (Phi) is 3.54. The summed E-state index contributed by atoms with van der Waals surface area (Å²) in [5.41, 5.74) is 1.65. The first-order valence-electron chi connectivity index (χ1n) is 8.45. The van der Waals surface area contributed by atoms with Crippen molar-refractivity contribution in [2.45, 2.75) is 44.2 Å². The largest absolute Gasteiger partial charge is 0.504 e. The summed E-state index contributed by atoms with van der Waals surface area (Å²) >= 11 is 0. The van der Waals surface area contributed by atoms with Crippen LogP contribution in [-0.4, -0.2) is 37.5 Å². The Morgan fingerprint density at radius 3 is 3.00 bits per heavy atom. The molecule has 0 radical (unpaired) electrons. The second-order valence-electron chi connectivity index (χ2n) is 7.02. The molecular formula is C18H25NO3. The van der Waals surface area contributed by atoms with Crippen LogP contribution in [0.1, 0.15) is 31.2 Å². The zero-order valence-corrected chi connectivity index (χ0v) is 13.2. The summed E-state index contributed by atoms with van der Waals surface area (Å²) in [4.78, 5) is 0. The van der Waals surface area contributed by atoms with E-state index in [0.29, 0.717) is 23.3 Å². The quantitative estimate of drug-likeness (QED) is 0.877. The molecule has 0 bridgehead atoms. The van der Waals surface area contributed by atoms with Crippen LogP contribution in [0, 0.1) is 11.3 Å². The molecule has 3 aliphatic rings. The molecule has 2 aliphatic carbocycles. The minimum Gasteiger partial charge on any atom is -0.504 e. The Hall–Kier alpha value is -1.26. The van der Waals surface area contributed by atoms with E-state index in [4.69, 9.17) is 9.47 Å². The number of hydrogen-bond donors (Lipinski definition) is 2. The van der Waals surface area contributed by atoms with E-state index < -0.39 is 0 Å². The van der Waals surface area contributed by atoms with Crippen molar-refractivity contribution in [1.29, 1.82) is 0 Å².